The number of ether oxygens (including phenoxy) is 2. The van der Waals surface area contributed by atoms with Crippen LogP contribution in [0, 0.1) is 17.8 Å². The minimum atomic E-state index is -1.69. The summed E-state index contributed by atoms with van der Waals surface area (Å²) in [4.78, 5) is 27.4. The summed E-state index contributed by atoms with van der Waals surface area (Å²) in [7, 11) is 0. The topological polar surface area (TPSA) is 186 Å². The summed E-state index contributed by atoms with van der Waals surface area (Å²) in [5, 5.41) is 63.9. The van der Waals surface area contributed by atoms with Gasteiger partial charge in [0.25, 0.3) is 0 Å². The lowest BCUT2D eigenvalue weighted by molar-refractivity contribution is -0.277. The average molecular weight is 574 g/mol. The lowest BCUT2D eigenvalue weighted by Crippen LogP contribution is -2.60. The van der Waals surface area contributed by atoms with Crippen molar-refractivity contribution in [3.05, 3.63) is 52.8 Å². The predicted octanol–water partition coefficient (Wildman–Crippen LogP) is 0.778. The van der Waals surface area contributed by atoms with Gasteiger partial charge in [-0.2, -0.15) is 0 Å². The molecule has 4 aliphatic rings. The second kappa shape index (κ2) is 12.3. The number of carbonyl (C=O) groups is 2. The fourth-order valence-corrected chi connectivity index (χ4v) is 6.45. The Balaban J connectivity index is 1.32. The minimum absolute atomic E-state index is 0.0597. The molecule has 7 N–H and O–H groups in total. The highest BCUT2D eigenvalue weighted by atomic mass is 16.7. The van der Waals surface area contributed by atoms with Crippen LogP contribution in [0.2, 0.25) is 0 Å². The molecule has 0 unspecified atom stereocenters. The monoisotopic (exact) mass is 573 g/mol. The molecule has 0 radical (unpaired) electrons. The molecular formula is C30H39NO10. The number of Topliss-reactive ketones (excluding diaryl/α,β-unsaturated/α-hetero) is 2. The molecule has 11 heteroatoms. The largest absolute Gasteiger partial charge is 0.511 e. The van der Waals surface area contributed by atoms with Crippen molar-refractivity contribution < 1.29 is 49.7 Å². The normalized spacial score (nSPS) is 36.1. The molecular weight excluding hydrogens is 534 g/mol. The number of aliphatic hydroxyl groups is 6. The zero-order chi connectivity index (χ0) is 29.4. The quantitative estimate of drug-likeness (QED) is 0.233. The zero-order valence-corrected chi connectivity index (χ0v) is 22.9. The highest BCUT2D eigenvalue weighted by molar-refractivity contribution is 6.19. The number of hydrogen-bond donors (Lipinski definition) is 7. The second-order valence-corrected chi connectivity index (χ2v) is 11.7. The maximum atomic E-state index is 13.7. The van der Waals surface area contributed by atoms with Crippen LogP contribution in [0.1, 0.15) is 59.7 Å². The number of allylic oxidation sites excluding steroid dienone is 4. The van der Waals surface area contributed by atoms with E-state index >= 15 is 0 Å². The number of nitrogens with one attached hydrogen (secondary N) is 1. The van der Waals surface area contributed by atoms with E-state index in [1.165, 1.54) is 18.2 Å². The van der Waals surface area contributed by atoms with Crippen LogP contribution in [0.25, 0.3) is 0 Å². The van der Waals surface area contributed by atoms with Crippen molar-refractivity contribution in [1.29, 1.82) is 0 Å². The summed E-state index contributed by atoms with van der Waals surface area (Å²) in [6, 6.07) is 4.82. The Morgan fingerprint density at radius 2 is 1.78 bits per heavy atom. The summed E-state index contributed by atoms with van der Waals surface area (Å²) >= 11 is 0. The van der Waals surface area contributed by atoms with Gasteiger partial charge in [-0.3, -0.25) is 9.59 Å². The molecule has 1 saturated heterocycles. The molecule has 41 heavy (non-hydrogen) atoms. The number of benzene rings is 1. The van der Waals surface area contributed by atoms with Crippen molar-refractivity contribution in [3.8, 4) is 5.75 Å². The molecule has 5 rings (SSSR count). The number of ketones is 2. The molecule has 1 saturated carbocycles. The van der Waals surface area contributed by atoms with Crippen molar-refractivity contribution in [1.82, 2.24) is 5.32 Å². The molecule has 0 bridgehead atoms. The van der Waals surface area contributed by atoms with E-state index in [4.69, 9.17) is 9.47 Å². The summed E-state index contributed by atoms with van der Waals surface area (Å²) in [5.74, 6) is -2.71. The standard InChI is InChI=1S/C30H39NO10/c1-14(33)12-31-17-7-5-15(6-8-17)9-16-10-19-23(20(34)11-16)27(37)24-18(25(19)35)3-2-4-21(24)40-30-29(39)28(38)26(36)22(13-32)41-30/h2-4,10-11,14-15,17,19,22-23,26,28-34,36,38-39H,5-9,12-13H2,1H3/t14-,15?,17?,19+,22+,23-,26+,28-,29+,30-/m0/s1. The van der Waals surface area contributed by atoms with Gasteiger partial charge in [0.05, 0.1) is 30.1 Å². The van der Waals surface area contributed by atoms with E-state index in [9.17, 15) is 40.2 Å². The molecule has 8 atom stereocenters. The fraction of sp³-hybridized carbons (Fsp3) is 0.600. The molecule has 1 aliphatic heterocycles. The Hall–Kier alpha value is -2.64. The molecule has 1 aromatic carbocycles. The third kappa shape index (κ3) is 5.98. The van der Waals surface area contributed by atoms with Crippen LogP contribution in [0.5, 0.6) is 5.75 Å². The SMILES string of the molecule is C[C@H](O)CNC1CCC(CC2=C[C@H]3C(=O)c4cccc(O[C@H]5O[C@H](CO)[C@@H](O)[C@H](O)[C@H]5O)c4C(=O)[C@@H]3C(O)=C2)CC1. The number of aliphatic hydroxyl groups excluding tert-OH is 6. The minimum Gasteiger partial charge on any atom is -0.511 e. The van der Waals surface area contributed by atoms with Crippen LogP contribution in [-0.4, -0.2) is 98.2 Å². The molecule has 0 aromatic heterocycles. The summed E-state index contributed by atoms with van der Waals surface area (Å²) in [6.45, 7) is 1.67. The number of rotatable bonds is 8. The van der Waals surface area contributed by atoms with Crippen molar-refractivity contribution >= 4 is 11.6 Å². The molecule has 2 fully saturated rings. The van der Waals surface area contributed by atoms with Gasteiger partial charge in [-0.05, 0) is 62.7 Å². The number of fused-ring (bicyclic) bond motifs is 2. The van der Waals surface area contributed by atoms with Gasteiger partial charge in [0.2, 0.25) is 6.29 Å². The lowest BCUT2D eigenvalue weighted by atomic mass is 9.69. The second-order valence-electron chi connectivity index (χ2n) is 11.7. The van der Waals surface area contributed by atoms with E-state index in [0.717, 1.165) is 31.3 Å². The van der Waals surface area contributed by atoms with Crippen LogP contribution in [-0.2, 0) is 4.74 Å². The van der Waals surface area contributed by atoms with Gasteiger partial charge in [0.15, 0.2) is 11.6 Å². The Bertz CT molecular complexity index is 1200. The highest BCUT2D eigenvalue weighted by Gasteiger charge is 2.48. The number of carbonyl (C=O) groups excluding carboxylic acids is 2. The van der Waals surface area contributed by atoms with Crippen molar-refractivity contribution in [3.63, 3.8) is 0 Å². The zero-order valence-electron chi connectivity index (χ0n) is 22.9. The fourth-order valence-electron chi connectivity index (χ4n) is 6.45. The van der Waals surface area contributed by atoms with Gasteiger partial charge in [0.1, 0.15) is 35.9 Å². The Morgan fingerprint density at radius 3 is 2.46 bits per heavy atom. The number of hydrogen-bond acceptors (Lipinski definition) is 11. The van der Waals surface area contributed by atoms with Crippen LogP contribution in [0.3, 0.4) is 0 Å². The molecule has 11 nitrogen and oxygen atoms in total. The van der Waals surface area contributed by atoms with Gasteiger partial charge < -0.3 is 45.4 Å². The van der Waals surface area contributed by atoms with Gasteiger partial charge >= 0.3 is 0 Å². The molecule has 3 aliphatic carbocycles. The van der Waals surface area contributed by atoms with E-state index in [1.807, 2.05) is 0 Å². The van der Waals surface area contributed by atoms with E-state index in [-0.39, 0.29) is 28.4 Å². The first-order valence-corrected chi connectivity index (χ1v) is 14.3. The van der Waals surface area contributed by atoms with Crippen molar-refractivity contribution in [2.45, 2.75) is 81.9 Å². The van der Waals surface area contributed by atoms with Gasteiger partial charge in [-0.25, -0.2) is 0 Å². The third-order valence-electron chi connectivity index (χ3n) is 8.69. The first kappa shape index (κ1) is 29.8. The maximum absolute atomic E-state index is 13.7. The first-order valence-electron chi connectivity index (χ1n) is 14.3. The molecule has 0 spiro atoms. The smallest absolute Gasteiger partial charge is 0.229 e. The summed E-state index contributed by atoms with van der Waals surface area (Å²) < 4.78 is 11.2. The summed E-state index contributed by atoms with van der Waals surface area (Å²) in [5.41, 5.74) is 0.881. The predicted molar refractivity (Wildman–Crippen MR) is 145 cm³/mol. The molecule has 224 valence electrons. The van der Waals surface area contributed by atoms with Crippen molar-refractivity contribution in [2.75, 3.05) is 13.2 Å². The van der Waals surface area contributed by atoms with Crippen LogP contribution >= 0.6 is 0 Å². The molecule has 1 heterocycles. The molecule has 1 aromatic rings. The van der Waals surface area contributed by atoms with Crippen LogP contribution < -0.4 is 10.1 Å². The first-order chi connectivity index (χ1) is 19.6. The van der Waals surface area contributed by atoms with Gasteiger partial charge in [-0.1, -0.05) is 18.2 Å². The average Bonchev–Trinajstić information content (AvgIpc) is 2.95. The van der Waals surface area contributed by atoms with E-state index in [1.54, 1.807) is 19.1 Å². The van der Waals surface area contributed by atoms with Gasteiger partial charge in [-0.15, -0.1) is 0 Å². The van der Waals surface area contributed by atoms with Crippen LogP contribution in [0.4, 0.5) is 0 Å². The lowest BCUT2D eigenvalue weighted by Gasteiger charge is -2.40. The van der Waals surface area contributed by atoms with Gasteiger partial charge in [0, 0.05) is 18.2 Å². The Labute approximate surface area is 238 Å². The van der Waals surface area contributed by atoms with E-state index in [2.05, 4.69) is 5.32 Å². The highest BCUT2D eigenvalue weighted by Crippen LogP contribution is 2.43. The van der Waals surface area contributed by atoms with Crippen molar-refractivity contribution in [2.24, 2.45) is 17.8 Å². The molecule has 0 amide bonds. The van der Waals surface area contributed by atoms with E-state index < -0.39 is 61.0 Å². The maximum Gasteiger partial charge on any atom is 0.229 e. The Kier molecular flexibility index (Phi) is 8.95. The Morgan fingerprint density at radius 1 is 1.05 bits per heavy atom. The van der Waals surface area contributed by atoms with E-state index in [0.29, 0.717) is 24.9 Å². The third-order valence-corrected chi connectivity index (χ3v) is 8.69. The van der Waals surface area contributed by atoms with Crippen LogP contribution in [0.15, 0.2) is 41.7 Å². The summed E-state index contributed by atoms with van der Waals surface area (Å²) in [6.07, 6.45) is -0.0906.